The van der Waals surface area contributed by atoms with Gasteiger partial charge in [0.25, 0.3) is 5.89 Å². The Morgan fingerprint density at radius 2 is 2.28 bits per heavy atom. The van der Waals surface area contributed by atoms with Gasteiger partial charge in [-0.15, -0.1) is 0 Å². The molecule has 94 valence electrons. The molecule has 1 aliphatic rings. The summed E-state index contributed by atoms with van der Waals surface area (Å²) in [5.41, 5.74) is 1.19. The van der Waals surface area contributed by atoms with Gasteiger partial charge in [0, 0.05) is 19.4 Å². The molecule has 0 fully saturated rings. The quantitative estimate of drug-likeness (QED) is 0.884. The predicted octanol–water partition coefficient (Wildman–Crippen LogP) is 1.51. The van der Waals surface area contributed by atoms with Crippen LogP contribution in [0.15, 0.2) is 28.8 Å². The van der Waals surface area contributed by atoms with Crippen molar-refractivity contribution < 1.29 is 9.26 Å². The van der Waals surface area contributed by atoms with Crippen molar-refractivity contribution >= 4 is 0 Å². The van der Waals surface area contributed by atoms with Gasteiger partial charge in [-0.25, -0.2) is 0 Å². The molecule has 1 N–H and O–H groups in total. The number of hydrogen-bond acceptors (Lipinski definition) is 5. The van der Waals surface area contributed by atoms with Crippen LogP contribution >= 0.6 is 0 Å². The molecule has 0 aliphatic carbocycles. The van der Waals surface area contributed by atoms with Crippen molar-refractivity contribution in [2.45, 2.75) is 18.9 Å². The Balaban J connectivity index is 1.72. The van der Waals surface area contributed by atoms with Gasteiger partial charge in [0.05, 0.1) is 0 Å². The summed E-state index contributed by atoms with van der Waals surface area (Å²) in [6, 6.07) is 8.01. The summed E-state index contributed by atoms with van der Waals surface area (Å²) in [7, 11) is 1.90. The van der Waals surface area contributed by atoms with E-state index in [1.54, 1.807) is 0 Å². The third-order valence-corrected chi connectivity index (χ3v) is 3.00. The first kappa shape index (κ1) is 11.2. The van der Waals surface area contributed by atoms with Crippen molar-refractivity contribution in [3.8, 4) is 5.75 Å². The summed E-state index contributed by atoms with van der Waals surface area (Å²) in [5.74, 6) is 2.20. The van der Waals surface area contributed by atoms with Crippen LogP contribution in [-0.2, 0) is 12.8 Å². The van der Waals surface area contributed by atoms with Crippen LogP contribution in [0.1, 0.15) is 23.4 Å². The lowest BCUT2D eigenvalue weighted by atomic mass is 10.1. The molecule has 2 aromatic rings. The number of benzene rings is 1. The molecule has 5 nitrogen and oxygen atoms in total. The zero-order valence-corrected chi connectivity index (χ0v) is 10.2. The lowest BCUT2D eigenvalue weighted by Crippen LogP contribution is -2.11. The van der Waals surface area contributed by atoms with Crippen LogP contribution in [0.25, 0.3) is 0 Å². The van der Waals surface area contributed by atoms with Gasteiger partial charge in [-0.1, -0.05) is 23.4 Å². The lowest BCUT2D eigenvalue weighted by Gasteiger charge is -2.03. The molecule has 3 rings (SSSR count). The predicted molar refractivity (Wildman–Crippen MR) is 65.4 cm³/mol. The molecular formula is C13H15N3O2. The molecule has 1 aromatic carbocycles. The summed E-state index contributed by atoms with van der Waals surface area (Å²) >= 11 is 0. The van der Waals surface area contributed by atoms with Crippen molar-refractivity contribution in [1.82, 2.24) is 15.5 Å². The molecule has 2 heterocycles. The minimum absolute atomic E-state index is 0.141. The number of hydrogen-bond donors (Lipinski definition) is 1. The van der Waals surface area contributed by atoms with E-state index in [1.165, 1.54) is 5.56 Å². The molecule has 0 saturated carbocycles. The van der Waals surface area contributed by atoms with Crippen molar-refractivity contribution in [2.24, 2.45) is 0 Å². The number of para-hydroxylation sites is 1. The second-order valence-electron chi connectivity index (χ2n) is 4.32. The van der Waals surface area contributed by atoms with Gasteiger partial charge in [0.15, 0.2) is 11.9 Å². The minimum atomic E-state index is -0.141. The van der Waals surface area contributed by atoms with E-state index in [-0.39, 0.29) is 6.10 Å². The van der Waals surface area contributed by atoms with Gasteiger partial charge in [0.1, 0.15) is 5.75 Å². The summed E-state index contributed by atoms with van der Waals surface area (Å²) in [4.78, 5) is 4.37. The van der Waals surface area contributed by atoms with E-state index in [0.29, 0.717) is 5.89 Å². The fourth-order valence-corrected chi connectivity index (χ4v) is 2.06. The highest BCUT2D eigenvalue weighted by atomic mass is 16.5. The van der Waals surface area contributed by atoms with E-state index >= 15 is 0 Å². The average molecular weight is 245 g/mol. The van der Waals surface area contributed by atoms with Crippen LogP contribution in [0.4, 0.5) is 0 Å². The summed E-state index contributed by atoms with van der Waals surface area (Å²) < 4.78 is 11.1. The highest BCUT2D eigenvalue weighted by molar-refractivity contribution is 5.37. The van der Waals surface area contributed by atoms with Crippen molar-refractivity contribution in [3.63, 3.8) is 0 Å². The Labute approximate surface area is 105 Å². The fraction of sp³-hybridized carbons (Fsp3) is 0.385. The highest BCUT2D eigenvalue weighted by Crippen LogP contribution is 2.35. The molecule has 5 heteroatoms. The van der Waals surface area contributed by atoms with Crippen molar-refractivity contribution in [2.75, 3.05) is 13.6 Å². The Kier molecular flexibility index (Phi) is 2.98. The number of aromatic nitrogens is 2. The van der Waals surface area contributed by atoms with Gasteiger partial charge in [-0.2, -0.15) is 4.98 Å². The first-order valence-electron chi connectivity index (χ1n) is 6.08. The van der Waals surface area contributed by atoms with E-state index in [4.69, 9.17) is 9.26 Å². The van der Waals surface area contributed by atoms with Crippen LogP contribution in [0.5, 0.6) is 5.75 Å². The van der Waals surface area contributed by atoms with Gasteiger partial charge in [-0.05, 0) is 18.7 Å². The Morgan fingerprint density at radius 1 is 1.39 bits per heavy atom. The van der Waals surface area contributed by atoms with Crippen molar-refractivity contribution in [3.05, 3.63) is 41.5 Å². The molecule has 18 heavy (non-hydrogen) atoms. The van der Waals surface area contributed by atoms with Crippen LogP contribution < -0.4 is 10.1 Å². The molecule has 0 bridgehead atoms. The lowest BCUT2D eigenvalue weighted by molar-refractivity contribution is 0.183. The smallest absolute Gasteiger partial charge is 0.268 e. The summed E-state index contributed by atoms with van der Waals surface area (Å²) in [5, 5.41) is 7.01. The molecule has 1 unspecified atom stereocenters. The zero-order chi connectivity index (χ0) is 12.4. The first-order valence-corrected chi connectivity index (χ1v) is 6.08. The van der Waals surface area contributed by atoms with Gasteiger partial charge in [-0.3, -0.25) is 0 Å². The van der Waals surface area contributed by atoms with Gasteiger partial charge in [0.2, 0.25) is 0 Å². The maximum atomic E-state index is 5.80. The number of ether oxygens (including phenoxy) is 1. The molecule has 0 spiro atoms. The topological polar surface area (TPSA) is 60.2 Å². The van der Waals surface area contributed by atoms with Gasteiger partial charge >= 0.3 is 0 Å². The Morgan fingerprint density at radius 3 is 3.11 bits per heavy atom. The van der Waals surface area contributed by atoms with Gasteiger partial charge < -0.3 is 14.6 Å². The number of fused-ring (bicyclic) bond motifs is 1. The molecule has 1 atom stereocenters. The highest BCUT2D eigenvalue weighted by Gasteiger charge is 2.28. The number of rotatable bonds is 4. The second-order valence-corrected chi connectivity index (χ2v) is 4.32. The standard InChI is InChI=1S/C13H15N3O2/c1-14-7-6-12-15-13(18-16-12)11-8-9-4-2-3-5-10(9)17-11/h2-5,11,14H,6-8H2,1H3. The minimum Gasteiger partial charge on any atom is -0.480 e. The Bertz CT molecular complexity index is 514. The molecule has 1 aliphatic heterocycles. The van der Waals surface area contributed by atoms with E-state index in [2.05, 4.69) is 21.5 Å². The molecule has 0 amide bonds. The molecular weight excluding hydrogens is 230 g/mol. The largest absolute Gasteiger partial charge is 0.480 e. The van der Waals surface area contributed by atoms with Crippen LogP contribution in [0.3, 0.4) is 0 Å². The third-order valence-electron chi connectivity index (χ3n) is 3.00. The number of likely N-dealkylation sites (N-methyl/N-ethyl adjacent to an activating group) is 1. The number of nitrogens with zero attached hydrogens (tertiary/aromatic N) is 2. The van der Waals surface area contributed by atoms with E-state index < -0.39 is 0 Å². The van der Waals surface area contributed by atoms with Crippen LogP contribution in [-0.4, -0.2) is 23.7 Å². The zero-order valence-electron chi connectivity index (χ0n) is 10.2. The fourth-order valence-electron chi connectivity index (χ4n) is 2.06. The third kappa shape index (κ3) is 2.09. The maximum absolute atomic E-state index is 5.80. The summed E-state index contributed by atoms with van der Waals surface area (Å²) in [6.07, 6.45) is 1.42. The number of nitrogens with one attached hydrogen (secondary N) is 1. The van der Waals surface area contributed by atoms with E-state index in [9.17, 15) is 0 Å². The summed E-state index contributed by atoms with van der Waals surface area (Å²) in [6.45, 7) is 0.838. The second kappa shape index (κ2) is 4.78. The van der Waals surface area contributed by atoms with Crippen molar-refractivity contribution in [1.29, 1.82) is 0 Å². The SMILES string of the molecule is CNCCc1noc(C2Cc3ccccc3O2)n1. The molecule has 0 radical (unpaired) electrons. The Hall–Kier alpha value is -1.88. The van der Waals surface area contributed by atoms with E-state index in [1.807, 2.05) is 25.2 Å². The maximum Gasteiger partial charge on any atom is 0.268 e. The van der Waals surface area contributed by atoms with Crippen LogP contribution in [0, 0.1) is 0 Å². The molecule has 1 aromatic heterocycles. The normalized spacial score (nSPS) is 17.5. The monoisotopic (exact) mass is 245 g/mol. The average Bonchev–Trinajstić information content (AvgIpc) is 3.02. The van der Waals surface area contributed by atoms with Crippen LogP contribution in [0.2, 0.25) is 0 Å². The first-order chi connectivity index (χ1) is 8.86. The molecule has 0 saturated heterocycles. The van der Waals surface area contributed by atoms with E-state index in [0.717, 1.165) is 31.0 Å².